The SMILES string of the molecule is Cc1ccc2[nH]c3c(c2c1)CN(C(=O)c1cc2[nH]c(=O)c4cnc(C5CCOCC5)n4c2cc1C)CC3. The predicted octanol–water partition coefficient (Wildman–Crippen LogP) is 4.37. The van der Waals surface area contributed by atoms with Crippen molar-refractivity contribution in [3.8, 4) is 0 Å². The highest BCUT2D eigenvalue weighted by atomic mass is 16.5. The normalized spacial score (nSPS) is 16.6. The van der Waals surface area contributed by atoms with Crippen molar-refractivity contribution in [2.45, 2.75) is 45.6 Å². The van der Waals surface area contributed by atoms with Crippen LogP contribution in [0.2, 0.25) is 0 Å². The maximum absolute atomic E-state index is 13.8. The van der Waals surface area contributed by atoms with Gasteiger partial charge in [-0.05, 0) is 56.5 Å². The van der Waals surface area contributed by atoms with Crippen LogP contribution in [-0.4, -0.2) is 49.9 Å². The van der Waals surface area contributed by atoms with E-state index in [1.807, 2.05) is 28.4 Å². The first-order valence-electron chi connectivity index (χ1n) is 13.0. The molecule has 8 heteroatoms. The number of nitrogens with one attached hydrogen (secondary N) is 2. The Kier molecular flexibility index (Phi) is 5.01. The lowest BCUT2D eigenvalue weighted by Crippen LogP contribution is -2.36. The van der Waals surface area contributed by atoms with E-state index in [1.165, 1.54) is 22.2 Å². The van der Waals surface area contributed by atoms with Gasteiger partial charge in [0.25, 0.3) is 11.5 Å². The molecular weight excluding hydrogens is 466 g/mol. The van der Waals surface area contributed by atoms with Gasteiger partial charge in [-0.2, -0.15) is 0 Å². The summed E-state index contributed by atoms with van der Waals surface area (Å²) in [6.45, 7) is 6.69. The van der Waals surface area contributed by atoms with E-state index in [2.05, 4.69) is 40.1 Å². The summed E-state index contributed by atoms with van der Waals surface area (Å²) in [5.41, 5.74) is 8.11. The number of amides is 1. The molecule has 2 aliphatic heterocycles. The maximum Gasteiger partial charge on any atom is 0.274 e. The van der Waals surface area contributed by atoms with E-state index in [9.17, 15) is 9.59 Å². The first kappa shape index (κ1) is 22.3. The number of aryl methyl sites for hydroxylation is 2. The minimum Gasteiger partial charge on any atom is -0.381 e. The number of benzene rings is 2. The van der Waals surface area contributed by atoms with Crippen LogP contribution in [0.4, 0.5) is 0 Å². The molecule has 37 heavy (non-hydrogen) atoms. The summed E-state index contributed by atoms with van der Waals surface area (Å²) < 4.78 is 7.52. The van der Waals surface area contributed by atoms with Crippen molar-refractivity contribution in [1.82, 2.24) is 24.3 Å². The van der Waals surface area contributed by atoms with Crippen LogP contribution >= 0.6 is 0 Å². The third kappa shape index (κ3) is 3.50. The molecule has 2 aliphatic rings. The van der Waals surface area contributed by atoms with E-state index in [4.69, 9.17) is 4.74 Å². The smallest absolute Gasteiger partial charge is 0.274 e. The minimum absolute atomic E-state index is 0.0108. The highest BCUT2D eigenvalue weighted by molar-refractivity contribution is 5.99. The molecule has 8 nitrogen and oxygen atoms in total. The molecule has 0 bridgehead atoms. The van der Waals surface area contributed by atoms with Gasteiger partial charge in [-0.1, -0.05) is 11.6 Å². The third-order valence-corrected chi connectivity index (χ3v) is 8.09. The molecule has 1 amide bonds. The number of aromatic amines is 2. The van der Waals surface area contributed by atoms with Crippen LogP contribution in [0.15, 0.2) is 41.3 Å². The summed E-state index contributed by atoms with van der Waals surface area (Å²) in [4.78, 5) is 39.9. The van der Waals surface area contributed by atoms with E-state index in [-0.39, 0.29) is 17.4 Å². The molecule has 7 rings (SSSR count). The summed E-state index contributed by atoms with van der Waals surface area (Å²) in [7, 11) is 0. The first-order chi connectivity index (χ1) is 18.0. The van der Waals surface area contributed by atoms with Gasteiger partial charge in [-0.3, -0.25) is 14.0 Å². The fourth-order valence-corrected chi connectivity index (χ4v) is 6.09. The molecule has 5 aromatic rings. The Labute approximate surface area is 213 Å². The summed E-state index contributed by atoms with van der Waals surface area (Å²) in [6, 6.07) is 10.3. The highest BCUT2D eigenvalue weighted by Crippen LogP contribution is 2.31. The molecule has 0 atom stereocenters. The van der Waals surface area contributed by atoms with Gasteiger partial charge in [-0.25, -0.2) is 4.98 Å². The molecule has 188 valence electrons. The van der Waals surface area contributed by atoms with Crippen molar-refractivity contribution in [2.75, 3.05) is 19.8 Å². The largest absolute Gasteiger partial charge is 0.381 e. The summed E-state index contributed by atoms with van der Waals surface area (Å²) in [5.74, 6) is 1.12. The highest BCUT2D eigenvalue weighted by Gasteiger charge is 2.27. The number of carbonyl (C=O) groups excluding carboxylic acids is 1. The topological polar surface area (TPSA) is 95.5 Å². The zero-order chi connectivity index (χ0) is 25.3. The van der Waals surface area contributed by atoms with Crippen LogP contribution in [-0.2, 0) is 17.7 Å². The maximum atomic E-state index is 13.8. The number of H-pyrrole nitrogens is 2. The second-order valence-electron chi connectivity index (χ2n) is 10.5. The van der Waals surface area contributed by atoms with Crippen molar-refractivity contribution in [2.24, 2.45) is 0 Å². The first-order valence-corrected chi connectivity index (χ1v) is 13.0. The van der Waals surface area contributed by atoms with E-state index in [0.29, 0.717) is 42.9 Å². The number of fused-ring (bicyclic) bond motifs is 6. The van der Waals surface area contributed by atoms with Gasteiger partial charge < -0.3 is 19.6 Å². The number of ether oxygens (including phenoxy) is 1. The molecule has 1 fully saturated rings. The van der Waals surface area contributed by atoms with E-state index in [0.717, 1.165) is 41.7 Å². The zero-order valence-corrected chi connectivity index (χ0v) is 21.1. The summed E-state index contributed by atoms with van der Waals surface area (Å²) >= 11 is 0. The third-order valence-electron chi connectivity index (χ3n) is 8.09. The number of rotatable bonds is 2. The van der Waals surface area contributed by atoms with Crippen molar-refractivity contribution in [1.29, 1.82) is 0 Å². The second-order valence-corrected chi connectivity index (χ2v) is 10.5. The molecule has 2 aromatic carbocycles. The van der Waals surface area contributed by atoms with Gasteiger partial charge >= 0.3 is 0 Å². The Morgan fingerprint density at radius 2 is 1.89 bits per heavy atom. The average Bonchev–Trinajstić information content (AvgIpc) is 3.51. The summed E-state index contributed by atoms with van der Waals surface area (Å²) in [5, 5.41) is 1.19. The number of nitrogens with zero attached hydrogens (tertiary/aromatic N) is 3. The number of carbonyl (C=O) groups is 1. The number of aromatic nitrogens is 4. The fourth-order valence-electron chi connectivity index (χ4n) is 6.09. The van der Waals surface area contributed by atoms with E-state index < -0.39 is 0 Å². The second kappa shape index (κ2) is 8.31. The Hall–Kier alpha value is -3.91. The molecule has 2 N–H and O–H groups in total. The minimum atomic E-state index is -0.197. The van der Waals surface area contributed by atoms with Crippen molar-refractivity contribution in [3.63, 3.8) is 0 Å². The Bertz CT molecular complexity index is 1770. The Balaban J connectivity index is 1.29. The van der Waals surface area contributed by atoms with Crippen LogP contribution in [0.5, 0.6) is 0 Å². The predicted molar refractivity (Wildman–Crippen MR) is 142 cm³/mol. The van der Waals surface area contributed by atoms with Crippen LogP contribution in [0, 0.1) is 13.8 Å². The fraction of sp³-hybridized carbons (Fsp3) is 0.345. The van der Waals surface area contributed by atoms with Crippen LogP contribution in [0.3, 0.4) is 0 Å². The van der Waals surface area contributed by atoms with Crippen molar-refractivity contribution in [3.05, 3.63) is 80.7 Å². The monoisotopic (exact) mass is 495 g/mol. The van der Waals surface area contributed by atoms with E-state index in [1.54, 1.807) is 6.20 Å². The van der Waals surface area contributed by atoms with Crippen molar-refractivity contribution >= 4 is 33.4 Å². The Morgan fingerprint density at radius 3 is 2.73 bits per heavy atom. The molecule has 1 saturated heterocycles. The van der Waals surface area contributed by atoms with Gasteiger partial charge in [0.2, 0.25) is 0 Å². The van der Waals surface area contributed by atoms with Gasteiger partial charge in [0.1, 0.15) is 11.3 Å². The lowest BCUT2D eigenvalue weighted by atomic mass is 9.99. The van der Waals surface area contributed by atoms with Gasteiger partial charge in [0.05, 0.1) is 17.2 Å². The van der Waals surface area contributed by atoms with Crippen molar-refractivity contribution < 1.29 is 9.53 Å². The van der Waals surface area contributed by atoms with Gasteiger partial charge in [0.15, 0.2) is 0 Å². The van der Waals surface area contributed by atoms with Gasteiger partial charge in [-0.15, -0.1) is 0 Å². The van der Waals surface area contributed by atoms with Crippen LogP contribution in [0.1, 0.15) is 57.3 Å². The zero-order valence-electron chi connectivity index (χ0n) is 21.1. The molecule has 3 aromatic heterocycles. The molecule has 0 radical (unpaired) electrons. The van der Waals surface area contributed by atoms with Gasteiger partial charge in [0, 0.05) is 66.4 Å². The lowest BCUT2D eigenvalue weighted by molar-refractivity contribution is 0.0734. The molecule has 0 unspecified atom stereocenters. The standard InChI is InChI=1S/C29H29N5O3/c1-16-3-4-22-20(11-16)21-15-33(8-5-23(21)31-22)29(36)19-13-24-25(12-17(19)2)34-26(28(35)32-24)14-30-27(34)18-6-9-37-10-7-18/h3-4,11-14,18,31H,5-10,15H2,1-2H3,(H,32,35). The Morgan fingerprint density at radius 1 is 1.05 bits per heavy atom. The van der Waals surface area contributed by atoms with Crippen LogP contribution in [0.25, 0.3) is 27.5 Å². The van der Waals surface area contributed by atoms with E-state index >= 15 is 0 Å². The average molecular weight is 496 g/mol. The lowest BCUT2D eigenvalue weighted by Gasteiger charge is -2.28. The number of hydrogen-bond acceptors (Lipinski definition) is 4. The molecule has 5 heterocycles. The quantitative estimate of drug-likeness (QED) is 0.380. The number of hydrogen-bond donors (Lipinski definition) is 2. The molecular formula is C29H29N5O3. The molecule has 0 spiro atoms. The summed E-state index contributed by atoms with van der Waals surface area (Å²) in [6.07, 6.45) is 4.22. The molecule has 0 aliphatic carbocycles. The molecule has 0 saturated carbocycles. The van der Waals surface area contributed by atoms with Crippen LogP contribution < -0.4 is 5.56 Å². The number of imidazole rings is 1.